The van der Waals surface area contributed by atoms with Crippen molar-refractivity contribution >= 4 is 27.5 Å². The van der Waals surface area contributed by atoms with Crippen LogP contribution in [0.3, 0.4) is 0 Å². The lowest BCUT2D eigenvalue weighted by Crippen LogP contribution is -2.34. The van der Waals surface area contributed by atoms with Gasteiger partial charge in [0.25, 0.3) is 5.56 Å². The van der Waals surface area contributed by atoms with Crippen molar-refractivity contribution in [1.82, 2.24) is 14.9 Å². The van der Waals surface area contributed by atoms with Gasteiger partial charge in [-0.25, -0.2) is 4.98 Å². The third kappa shape index (κ3) is 4.41. The molecule has 0 saturated heterocycles. The van der Waals surface area contributed by atoms with Crippen LogP contribution in [0.15, 0.2) is 71.1 Å². The molecule has 0 spiro atoms. The minimum Gasteiger partial charge on any atom is -0.492 e. The molecule has 1 amide bonds. The molecule has 0 aliphatic carbocycles. The van der Waals surface area contributed by atoms with Crippen LogP contribution in [0.25, 0.3) is 21.3 Å². The van der Waals surface area contributed by atoms with Crippen LogP contribution in [0.2, 0.25) is 0 Å². The third-order valence-electron chi connectivity index (χ3n) is 4.64. The summed E-state index contributed by atoms with van der Waals surface area (Å²) in [6, 6.07) is 17.4. The van der Waals surface area contributed by atoms with Gasteiger partial charge in [0, 0.05) is 10.9 Å². The molecule has 4 rings (SSSR count). The van der Waals surface area contributed by atoms with Gasteiger partial charge in [0.2, 0.25) is 5.91 Å². The summed E-state index contributed by atoms with van der Waals surface area (Å²) in [4.78, 5) is 30.3. The number of carbonyl (C=O) groups is 1. The highest BCUT2D eigenvalue weighted by Gasteiger charge is 2.14. The number of amides is 1. The van der Waals surface area contributed by atoms with E-state index in [4.69, 9.17) is 4.74 Å². The van der Waals surface area contributed by atoms with E-state index in [-0.39, 0.29) is 18.0 Å². The van der Waals surface area contributed by atoms with Gasteiger partial charge in [-0.2, -0.15) is 0 Å². The van der Waals surface area contributed by atoms with Crippen molar-refractivity contribution in [2.75, 3.05) is 13.2 Å². The average Bonchev–Trinajstić information content (AvgIpc) is 3.19. The zero-order valence-electron chi connectivity index (χ0n) is 16.5. The quantitative estimate of drug-likeness (QED) is 0.464. The normalized spacial score (nSPS) is 10.8. The number of rotatable bonds is 7. The smallest absolute Gasteiger partial charge is 0.263 e. The molecule has 4 aromatic rings. The van der Waals surface area contributed by atoms with Crippen LogP contribution in [0.1, 0.15) is 5.56 Å². The van der Waals surface area contributed by atoms with E-state index in [1.165, 1.54) is 22.2 Å². The molecule has 7 heteroatoms. The van der Waals surface area contributed by atoms with Gasteiger partial charge in [0.1, 0.15) is 23.7 Å². The van der Waals surface area contributed by atoms with Gasteiger partial charge in [0.05, 0.1) is 18.3 Å². The van der Waals surface area contributed by atoms with Crippen LogP contribution >= 0.6 is 11.3 Å². The first-order valence-corrected chi connectivity index (χ1v) is 10.5. The third-order valence-corrected chi connectivity index (χ3v) is 5.53. The average molecular weight is 420 g/mol. The summed E-state index contributed by atoms with van der Waals surface area (Å²) < 4.78 is 6.97. The van der Waals surface area contributed by atoms with Crippen LogP contribution < -0.4 is 15.6 Å². The van der Waals surface area contributed by atoms with E-state index >= 15 is 0 Å². The van der Waals surface area contributed by atoms with Gasteiger partial charge >= 0.3 is 0 Å². The first-order valence-electron chi connectivity index (χ1n) is 9.60. The maximum absolute atomic E-state index is 13.0. The van der Waals surface area contributed by atoms with Crippen molar-refractivity contribution in [3.8, 4) is 16.9 Å². The Morgan fingerprint density at radius 3 is 2.80 bits per heavy atom. The van der Waals surface area contributed by atoms with E-state index in [2.05, 4.69) is 10.3 Å². The first-order chi connectivity index (χ1) is 14.6. The molecule has 0 bridgehead atoms. The predicted octanol–water partition coefficient (Wildman–Crippen LogP) is 3.63. The van der Waals surface area contributed by atoms with Crippen molar-refractivity contribution in [2.45, 2.75) is 13.5 Å². The lowest BCUT2D eigenvalue weighted by Gasteiger charge is -2.09. The number of nitrogens with zero attached hydrogens (tertiary/aromatic N) is 2. The maximum atomic E-state index is 13.0. The topological polar surface area (TPSA) is 73.2 Å². The van der Waals surface area contributed by atoms with Crippen LogP contribution in [0.4, 0.5) is 0 Å². The Bertz CT molecular complexity index is 1230. The minimum atomic E-state index is -0.261. The lowest BCUT2D eigenvalue weighted by molar-refractivity contribution is -0.121. The summed E-state index contributed by atoms with van der Waals surface area (Å²) >= 11 is 1.42. The largest absolute Gasteiger partial charge is 0.492 e. The number of ether oxygens (including phenoxy) is 1. The molecule has 0 atom stereocenters. The van der Waals surface area contributed by atoms with Gasteiger partial charge in [-0.3, -0.25) is 14.2 Å². The van der Waals surface area contributed by atoms with Gasteiger partial charge in [-0.05, 0) is 30.2 Å². The molecular formula is C23H21N3O3S. The van der Waals surface area contributed by atoms with Crippen LogP contribution in [-0.4, -0.2) is 28.6 Å². The number of hydrogen-bond acceptors (Lipinski definition) is 5. The fourth-order valence-corrected chi connectivity index (χ4v) is 4.09. The van der Waals surface area contributed by atoms with E-state index in [0.29, 0.717) is 23.4 Å². The molecule has 0 aliphatic heterocycles. The highest BCUT2D eigenvalue weighted by Crippen LogP contribution is 2.30. The molecule has 0 fully saturated rings. The van der Waals surface area contributed by atoms with Gasteiger partial charge in [-0.15, -0.1) is 11.3 Å². The second kappa shape index (κ2) is 8.92. The maximum Gasteiger partial charge on any atom is 0.263 e. The number of nitrogens with one attached hydrogen (secondary N) is 1. The second-order valence-corrected chi connectivity index (χ2v) is 7.75. The second-order valence-electron chi connectivity index (χ2n) is 6.89. The van der Waals surface area contributed by atoms with Crippen LogP contribution in [0.5, 0.6) is 5.75 Å². The fourth-order valence-electron chi connectivity index (χ4n) is 3.19. The summed E-state index contributed by atoms with van der Waals surface area (Å²) in [6.45, 7) is 2.61. The SMILES string of the molecule is Cc1cccc(OCCNC(=O)Cn2cnc3scc(-c4ccccc4)c3c2=O)c1. The molecule has 1 N–H and O–H groups in total. The molecular weight excluding hydrogens is 398 g/mol. The number of carbonyl (C=O) groups excluding carboxylic acids is 1. The Labute approximate surface area is 177 Å². The molecule has 0 saturated carbocycles. The Morgan fingerprint density at radius 1 is 1.17 bits per heavy atom. The zero-order valence-corrected chi connectivity index (χ0v) is 17.3. The Morgan fingerprint density at radius 2 is 2.00 bits per heavy atom. The van der Waals surface area contributed by atoms with Crippen molar-refractivity contribution in [3.05, 3.63) is 82.2 Å². The fraction of sp³-hybridized carbons (Fsp3) is 0.174. The minimum absolute atomic E-state index is 0.0870. The zero-order chi connectivity index (χ0) is 20.9. The number of aryl methyl sites for hydroxylation is 1. The molecule has 2 aromatic carbocycles. The summed E-state index contributed by atoms with van der Waals surface area (Å²) in [5, 5.41) is 5.26. The molecule has 30 heavy (non-hydrogen) atoms. The molecule has 0 radical (unpaired) electrons. The highest BCUT2D eigenvalue weighted by atomic mass is 32.1. The standard InChI is InChI=1S/C23H21N3O3S/c1-16-6-5-9-18(12-16)29-11-10-24-20(27)13-26-15-25-22-21(23(26)28)19(14-30-22)17-7-3-2-4-8-17/h2-9,12,14-15H,10-11,13H2,1H3,(H,24,27). The van der Waals surface area contributed by atoms with Gasteiger partial charge in [-0.1, -0.05) is 42.5 Å². The summed E-state index contributed by atoms with van der Waals surface area (Å²) in [5.41, 5.74) is 2.70. The molecule has 0 aliphatic rings. The first kappa shape index (κ1) is 19.8. The number of fused-ring (bicyclic) bond motifs is 1. The van der Waals surface area contributed by atoms with Crippen LogP contribution in [0, 0.1) is 6.92 Å². The van der Waals surface area contributed by atoms with Gasteiger partial charge in [0.15, 0.2) is 0 Å². The van der Waals surface area contributed by atoms with E-state index in [9.17, 15) is 9.59 Å². The monoisotopic (exact) mass is 419 g/mol. The molecule has 2 aromatic heterocycles. The summed E-state index contributed by atoms with van der Waals surface area (Å²) in [5.74, 6) is 0.503. The molecule has 152 valence electrons. The van der Waals surface area contributed by atoms with Crippen molar-refractivity contribution < 1.29 is 9.53 Å². The highest BCUT2D eigenvalue weighted by molar-refractivity contribution is 7.17. The Hall–Kier alpha value is -3.45. The summed E-state index contributed by atoms with van der Waals surface area (Å²) in [7, 11) is 0. The van der Waals surface area contributed by atoms with Crippen LogP contribution in [-0.2, 0) is 11.3 Å². The van der Waals surface area contributed by atoms with Crippen molar-refractivity contribution in [3.63, 3.8) is 0 Å². The Kier molecular flexibility index (Phi) is 5.90. The van der Waals surface area contributed by atoms with E-state index in [1.54, 1.807) is 0 Å². The molecule has 0 unspecified atom stereocenters. The predicted molar refractivity (Wildman–Crippen MR) is 119 cm³/mol. The molecule has 6 nitrogen and oxygen atoms in total. The van der Waals surface area contributed by atoms with Crippen molar-refractivity contribution in [1.29, 1.82) is 0 Å². The number of thiophene rings is 1. The number of benzene rings is 2. The van der Waals surface area contributed by atoms with Gasteiger partial charge < -0.3 is 10.1 Å². The molecule has 2 heterocycles. The Balaban J connectivity index is 1.41. The summed E-state index contributed by atoms with van der Waals surface area (Å²) in [6.07, 6.45) is 1.43. The van der Waals surface area contributed by atoms with E-state index in [0.717, 1.165) is 22.4 Å². The number of hydrogen-bond donors (Lipinski definition) is 1. The van der Waals surface area contributed by atoms with E-state index in [1.807, 2.05) is 66.9 Å². The van der Waals surface area contributed by atoms with E-state index < -0.39 is 0 Å². The van der Waals surface area contributed by atoms with Crippen molar-refractivity contribution in [2.24, 2.45) is 0 Å². The number of aromatic nitrogens is 2. The lowest BCUT2D eigenvalue weighted by atomic mass is 10.1.